The van der Waals surface area contributed by atoms with Gasteiger partial charge in [-0.15, -0.1) is 0 Å². The molecule has 0 saturated heterocycles. The van der Waals surface area contributed by atoms with E-state index in [1.165, 1.54) is 10.7 Å². The third kappa shape index (κ3) is 2.81. The largest absolute Gasteiger partial charge is 0.493 e. The van der Waals surface area contributed by atoms with Gasteiger partial charge in [0.1, 0.15) is 5.82 Å². The Balaban J connectivity index is 1.91. The van der Waals surface area contributed by atoms with E-state index in [-0.39, 0.29) is 23.8 Å². The molecule has 9 nitrogen and oxygen atoms in total. The predicted octanol–water partition coefficient (Wildman–Crippen LogP) is 1.76. The van der Waals surface area contributed by atoms with Crippen molar-refractivity contribution in [1.29, 1.82) is 0 Å². The van der Waals surface area contributed by atoms with Crippen molar-refractivity contribution in [2.45, 2.75) is 19.3 Å². The Bertz CT molecular complexity index is 1100. The van der Waals surface area contributed by atoms with Gasteiger partial charge in [0.05, 0.1) is 19.9 Å². The average molecular weight is 381 g/mol. The van der Waals surface area contributed by atoms with Gasteiger partial charge in [0.25, 0.3) is 5.56 Å². The molecule has 0 aliphatic carbocycles. The highest BCUT2D eigenvalue weighted by atomic mass is 16.5. The maximum atomic E-state index is 12.5. The summed E-state index contributed by atoms with van der Waals surface area (Å²) in [5, 5.41) is 13.8. The van der Waals surface area contributed by atoms with Crippen LogP contribution in [0.15, 0.2) is 35.1 Å². The van der Waals surface area contributed by atoms with Crippen LogP contribution in [0, 0.1) is 6.92 Å². The van der Waals surface area contributed by atoms with E-state index in [0.717, 1.165) is 16.8 Å². The Hall–Kier alpha value is -3.62. The lowest BCUT2D eigenvalue weighted by Gasteiger charge is -2.26. The predicted molar refractivity (Wildman–Crippen MR) is 101 cm³/mol. The molecule has 1 aliphatic rings. The minimum Gasteiger partial charge on any atom is -0.493 e. The SMILES string of the molecule is COc1cccc([C@@H]2CC(=O)Nc3c2c(C)nn3-c2ccc(=O)[nH]n2)c1OC. The summed E-state index contributed by atoms with van der Waals surface area (Å²) in [5.41, 5.74) is 2.15. The minimum absolute atomic E-state index is 0.145. The summed E-state index contributed by atoms with van der Waals surface area (Å²) in [7, 11) is 3.15. The second-order valence-electron chi connectivity index (χ2n) is 6.43. The molecule has 0 unspecified atom stereocenters. The summed E-state index contributed by atoms with van der Waals surface area (Å²) >= 11 is 0. The van der Waals surface area contributed by atoms with E-state index in [9.17, 15) is 9.59 Å². The van der Waals surface area contributed by atoms with Gasteiger partial charge in [-0.25, -0.2) is 5.10 Å². The van der Waals surface area contributed by atoms with Crippen LogP contribution in [0.3, 0.4) is 0 Å². The fourth-order valence-electron chi connectivity index (χ4n) is 3.62. The number of nitrogens with one attached hydrogen (secondary N) is 2. The number of anilines is 1. The molecular weight excluding hydrogens is 362 g/mol. The van der Waals surface area contributed by atoms with E-state index in [1.807, 2.05) is 25.1 Å². The van der Waals surface area contributed by atoms with Gasteiger partial charge >= 0.3 is 0 Å². The average Bonchev–Trinajstić information content (AvgIpc) is 3.03. The van der Waals surface area contributed by atoms with E-state index in [1.54, 1.807) is 20.3 Å². The highest BCUT2D eigenvalue weighted by Gasteiger charge is 2.35. The number of aromatic amines is 1. The van der Waals surface area contributed by atoms with Crippen molar-refractivity contribution in [2.24, 2.45) is 0 Å². The van der Waals surface area contributed by atoms with E-state index >= 15 is 0 Å². The van der Waals surface area contributed by atoms with Crippen LogP contribution < -0.4 is 20.3 Å². The molecule has 144 valence electrons. The van der Waals surface area contributed by atoms with Crippen LogP contribution in [-0.4, -0.2) is 40.1 Å². The monoisotopic (exact) mass is 381 g/mol. The first-order valence-corrected chi connectivity index (χ1v) is 8.69. The Labute approximate surface area is 160 Å². The number of nitrogens with zero attached hydrogens (tertiary/aromatic N) is 3. The number of H-pyrrole nitrogens is 1. The molecule has 2 N–H and O–H groups in total. The van der Waals surface area contributed by atoms with Gasteiger partial charge in [0.15, 0.2) is 17.3 Å². The number of hydrogen-bond acceptors (Lipinski definition) is 6. The van der Waals surface area contributed by atoms with Gasteiger partial charge in [0.2, 0.25) is 5.91 Å². The minimum atomic E-state index is -0.315. The number of para-hydroxylation sites is 1. The van der Waals surface area contributed by atoms with Crippen molar-refractivity contribution >= 4 is 11.7 Å². The molecule has 2 aromatic heterocycles. The van der Waals surface area contributed by atoms with Crippen molar-refractivity contribution in [1.82, 2.24) is 20.0 Å². The summed E-state index contributed by atoms with van der Waals surface area (Å²) in [6.07, 6.45) is 0.252. The Morgan fingerprint density at radius 3 is 2.64 bits per heavy atom. The van der Waals surface area contributed by atoms with Crippen LogP contribution >= 0.6 is 0 Å². The van der Waals surface area contributed by atoms with Crippen molar-refractivity contribution in [3.63, 3.8) is 0 Å². The van der Waals surface area contributed by atoms with Crippen molar-refractivity contribution < 1.29 is 14.3 Å². The quantitative estimate of drug-likeness (QED) is 0.712. The molecule has 0 saturated carbocycles. The van der Waals surface area contributed by atoms with Gasteiger partial charge in [-0.05, 0) is 19.1 Å². The van der Waals surface area contributed by atoms with Gasteiger partial charge in [-0.3, -0.25) is 9.59 Å². The first-order chi connectivity index (χ1) is 13.5. The van der Waals surface area contributed by atoms with E-state index in [4.69, 9.17) is 9.47 Å². The number of benzene rings is 1. The summed E-state index contributed by atoms with van der Waals surface area (Å²) in [4.78, 5) is 23.8. The zero-order valence-electron chi connectivity index (χ0n) is 15.6. The van der Waals surface area contributed by atoms with E-state index in [2.05, 4.69) is 20.6 Å². The summed E-state index contributed by atoms with van der Waals surface area (Å²) in [6, 6.07) is 8.51. The second-order valence-corrected chi connectivity index (χ2v) is 6.43. The van der Waals surface area contributed by atoms with Gasteiger partial charge < -0.3 is 14.8 Å². The van der Waals surface area contributed by atoms with Crippen LogP contribution in [0.2, 0.25) is 0 Å². The number of rotatable bonds is 4. The normalized spacial score (nSPS) is 15.7. The van der Waals surface area contributed by atoms with Crippen molar-refractivity contribution in [3.05, 3.63) is 57.5 Å². The Kier molecular flexibility index (Phi) is 4.34. The first kappa shape index (κ1) is 17.8. The number of aromatic nitrogens is 4. The first-order valence-electron chi connectivity index (χ1n) is 8.69. The molecule has 1 aliphatic heterocycles. The van der Waals surface area contributed by atoms with E-state index in [0.29, 0.717) is 23.1 Å². The third-order valence-corrected chi connectivity index (χ3v) is 4.79. The molecule has 3 aromatic rings. The van der Waals surface area contributed by atoms with Gasteiger partial charge in [-0.1, -0.05) is 12.1 Å². The smallest absolute Gasteiger partial charge is 0.264 e. The summed E-state index contributed by atoms with van der Waals surface area (Å²) in [6.45, 7) is 1.87. The fourth-order valence-corrected chi connectivity index (χ4v) is 3.62. The van der Waals surface area contributed by atoms with Crippen LogP contribution in [0.4, 0.5) is 5.82 Å². The number of hydrogen-bond donors (Lipinski definition) is 2. The maximum absolute atomic E-state index is 12.5. The molecule has 1 atom stereocenters. The molecule has 28 heavy (non-hydrogen) atoms. The number of fused-ring (bicyclic) bond motifs is 1. The molecule has 0 spiro atoms. The Morgan fingerprint density at radius 2 is 1.96 bits per heavy atom. The lowest BCUT2D eigenvalue weighted by atomic mass is 9.85. The topological polar surface area (TPSA) is 111 Å². The van der Waals surface area contributed by atoms with Gasteiger partial charge in [0, 0.05) is 29.5 Å². The van der Waals surface area contributed by atoms with Gasteiger partial charge in [-0.2, -0.15) is 14.9 Å². The van der Waals surface area contributed by atoms with Crippen LogP contribution in [0.5, 0.6) is 11.5 Å². The zero-order chi connectivity index (χ0) is 19.8. The van der Waals surface area contributed by atoms with Crippen LogP contribution in [0.25, 0.3) is 5.82 Å². The lowest BCUT2D eigenvalue weighted by molar-refractivity contribution is -0.116. The molecule has 1 aromatic carbocycles. The molecule has 0 fully saturated rings. The molecule has 0 bridgehead atoms. The fraction of sp³-hybridized carbons (Fsp3) is 0.263. The number of ether oxygens (including phenoxy) is 2. The standard InChI is InChI=1S/C19H19N5O4/c1-10-17-12(11-5-4-6-13(27-2)18(11)28-3)9-16(26)20-19(17)24(23-10)14-7-8-15(25)22-21-14/h4-8,12H,9H2,1-3H3,(H,20,26)(H,22,25)/t12-/m0/s1. The molecule has 3 heterocycles. The van der Waals surface area contributed by atoms with Crippen molar-refractivity contribution in [2.75, 3.05) is 19.5 Å². The Morgan fingerprint density at radius 1 is 1.14 bits per heavy atom. The number of amides is 1. The number of methoxy groups -OCH3 is 2. The highest BCUT2D eigenvalue weighted by molar-refractivity contribution is 5.95. The maximum Gasteiger partial charge on any atom is 0.264 e. The molecule has 9 heteroatoms. The second kappa shape index (κ2) is 6.84. The number of carbonyl (C=O) groups excluding carboxylic acids is 1. The summed E-state index contributed by atoms with van der Waals surface area (Å²) in [5.74, 6) is 1.72. The molecule has 0 radical (unpaired) electrons. The number of aryl methyl sites for hydroxylation is 1. The number of carbonyl (C=O) groups is 1. The lowest BCUT2D eigenvalue weighted by Crippen LogP contribution is -2.25. The summed E-state index contributed by atoms with van der Waals surface area (Å²) < 4.78 is 12.5. The van der Waals surface area contributed by atoms with Crippen LogP contribution in [-0.2, 0) is 4.79 Å². The van der Waals surface area contributed by atoms with Crippen molar-refractivity contribution in [3.8, 4) is 17.3 Å². The van der Waals surface area contributed by atoms with E-state index < -0.39 is 0 Å². The van der Waals surface area contributed by atoms with Crippen LogP contribution in [0.1, 0.15) is 29.2 Å². The third-order valence-electron chi connectivity index (χ3n) is 4.79. The highest BCUT2D eigenvalue weighted by Crippen LogP contribution is 2.45. The molecule has 1 amide bonds. The zero-order valence-corrected chi connectivity index (χ0v) is 15.6. The molecule has 4 rings (SSSR count). The molecular formula is C19H19N5O4.